The Balaban J connectivity index is 4.24. The van der Waals surface area contributed by atoms with Crippen molar-refractivity contribution in [1.29, 1.82) is 0 Å². The van der Waals surface area contributed by atoms with Gasteiger partial charge in [-0.15, -0.1) is 0 Å². The molecule has 0 aromatic carbocycles. The van der Waals surface area contributed by atoms with Crippen LogP contribution >= 0.6 is 11.8 Å². The van der Waals surface area contributed by atoms with Gasteiger partial charge >= 0.3 is 8.80 Å². The third-order valence-corrected chi connectivity index (χ3v) is 8.59. The van der Waals surface area contributed by atoms with E-state index in [-0.39, 0.29) is 9.99 Å². The van der Waals surface area contributed by atoms with E-state index in [0.717, 1.165) is 19.3 Å². The first kappa shape index (κ1) is 20.1. The minimum absolute atomic E-state index is 0.0226. The number of rotatable bonds is 12. The fourth-order valence-electron chi connectivity index (χ4n) is 2.14. The molecule has 0 aromatic rings. The van der Waals surface area contributed by atoms with Gasteiger partial charge in [0.2, 0.25) is 0 Å². The third kappa shape index (κ3) is 6.71. The Kier molecular flexibility index (Phi) is 11.8. The molecule has 0 rings (SSSR count). The summed E-state index contributed by atoms with van der Waals surface area (Å²) in [7, 11) is 2.06. The molecule has 0 N–H and O–H groups in total. The first-order valence-corrected chi connectivity index (χ1v) is 10.1. The zero-order chi connectivity index (χ0) is 15.4. The molecule has 0 aromatic heterocycles. The Labute approximate surface area is 129 Å². The molecule has 1 unspecified atom stereocenters. The molecule has 0 fully saturated rings. The van der Waals surface area contributed by atoms with Crippen molar-refractivity contribution in [2.75, 3.05) is 21.3 Å². The standard InChI is InChI=1S/C14H30O4SSi/c1-6-8-9-10-11-12-13(15)19-14(7-2)20(16-3,17-4)18-5/h14H,6-12H2,1-5H3. The topological polar surface area (TPSA) is 44.8 Å². The molecule has 0 saturated heterocycles. The molecule has 1 atom stereocenters. The van der Waals surface area contributed by atoms with E-state index >= 15 is 0 Å². The van der Waals surface area contributed by atoms with Crippen LogP contribution in [0.5, 0.6) is 0 Å². The van der Waals surface area contributed by atoms with Crippen LogP contribution in [0, 0.1) is 0 Å². The minimum Gasteiger partial charge on any atom is -0.376 e. The van der Waals surface area contributed by atoms with Gasteiger partial charge in [0.25, 0.3) is 0 Å². The van der Waals surface area contributed by atoms with Crippen molar-refractivity contribution in [1.82, 2.24) is 0 Å². The van der Waals surface area contributed by atoms with Gasteiger partial charge in [-0.05, 0) is 12.8 Å². The van der Waals surface area contributed by atoms with Gasteiger partial charge in [0, 0.05) is 27.8 Å². The third-order valence-electron chi connectivity index (χ3n) is 3.38. The summed E-state index contributed by atoms with van der Waals surface area (Å²) in [6, 6.07) is 0. The van der Waals surface area contributed by atoms with Gasteiger partial charge in [0.15, 0.2) is 5.12 Å². The van der Waals surface area contributed by atoms with Gasteiger partial charge in [-0.1, -0.05) is 51.3 Å². The lowest BCUT2D eigenvalue weighted by atomic mass is 10.1. The molecule has 0 radical (unpaired) electrons. The molecule has 0 amide bonds. The summed E-state index contributed by atoms with van der Waals surface area (Å²) >= 11 is 1.34. The molecule has 120 valence electrons. The fraction of sp³-hybridized carbons (Fsp3) is 0.929. The van der Waals surface area contributed by atoms with Crippen molar-refractivity contribution in [3.63, 3.8) is 0 Å². The van der Waals surface area contributed by atoms with E-state index in [9.17, 15) is 4.79 Å². The van der Waals surface area contributed by atoms with Crippen LogP contribution in [0.1, 0.15) is 58.8 Å². The maximum absolute atomic E-state index is 12.1. The second kappa shape index (κ2) is 11.7. The summed E-state index contributed by atoms with van der Waals surface area (Å²) in [5.74, 6) is 0. The van der Waals surface area contributed by atoms with Crippen LogP contribution in [-0.4, -0.2) is 40.1 Å². The highest BCUT2D eigenvalue weighted by atomic mass is 32.2. The molecular weight excluding hydrogens is 292 g/mol. The lowest BCUT2D eigenvalue weighted by Gasteiger charge is -2.30. The quantitative estimate of drug-likeness (QED) is 0.404. The zero-order valence-electron chi connectivity index (χ0n) is 13.6. The summed E-state index contributed by atoms with van der Waals surface area (Å²) in [5.41, 5.74) is 0. The Morgan fingerprint density at radius 2 is 1.55 bits per heavy atom. The average Bonchev–Trinajstić information content (AvgIpc) is 2.48. The van der Waals surface area contributed by atoms with Crippen LogP contribution in [0.2, 0.25) is 0 Å². The molecule has 6 heteroatoms. The number of hydrogen-bond acceptors (Lipinski definition) is 5. The van der Waals surface area contributed by atoms with E-state index in [1.54, 1.807) is 21.3 Å². The van der Waals surface area contributed by atoms with Crippen LogP contribution < -0.4 is 0 Å². The molecule has 0 heterocycles. The van der Waals surface area contributed by atoms with Crippen molar-refractivity contribution < 1.29 is 18.1 Å². The summed E-state index contributed by atoms with van der Waals surface area (Å²) in [5, 5.41) is 0.219. The van der Waals surface area contributed by atoms with Crippen LogP contribution in [0.3, 0.4) is 0 Å². The van der Waals surface area contributed by atoms with Crippen molar-refractivity contribution in [3.8, 4) is 0 Å². The monoisotopic (exact) mass is 322 g/mol. The molecule has 0 saturated carbocycles. The summed E-state index contributed by atoms with van der Waals surface area (Å²) in [6.45, 7) is 4.22. The lowest BCUT2D eigenvalue weighted by Crippen LogP contribution is -2.53. The van der Waals surface area contributed by atoms with E-state index in [1.165, 1.54) is 31.0 Å². The van der Waals surface area contributed by atoms with Gasteiger partial charge in [-0.3, -0.25) is 4.79 Å². The fourth-order valence-corrected chi connectivity index (χ4v) is 6.51. The van der Waals surface area contributed by atoms with Crippen LogP contribution in [0.25, 0.3) is 0 Å². The SMILES string of the molecule is CCCCCCCC(=O)SC(CC)[Si](OC)(OC)OC. The Hall–Kier alpha value is 0.117. The van der Waals surface area contributed by atoms with Crippen LogP contribution in [-0.2, 0) is 18.1 Å². The zero-order valence-corrected chi connectivity index (χ0v) is 15.4. The predicted molar refractivity (Wildman–Crippen MR) is 86.8 cm³/mol. The van der Waals surface area contributed by atoms with Crippen molar-refractivity contribution in [2.24, 2.45) is 0 Å². The molecule has 0 bridgehead atoms. The maximum atomic E-state index is 12.1. The Morgan fingerprint density at radius 1 is 1.00 bits per heavy atom. The Bertz CT molecular complexity index is 251. The number of hydrogen-bond donors (Lipinski definition) is 0. The first-order valence-electron chi connectivity index (χ1n) is 7.45. The van der Waals surface area contributed by atoms with E-state index in [1.807, 2.05) is 6.92 Å². The van der Waals surface area contributed by atoms with Crippen molar-refractivity contribution in [3.05, 3.63) is 0 Å². The predicted octanol–water partition coefficient (Wildman–Crippen LogP) is 3.80. The summed E-state index contributed by atoms with van der Waals surface area (Å²) < 4.78 is 16.4. The lowest BCUT2D eigenvalue weighted by molar-refractivity contribution is -0.111. The molecular formula is C14H30O4SSi. The van der Waals surface area contributed by atoms with Gasteiger partial charge < -0.3 is 13.3 Å². The second-order valence-corrected chi connectivity index (χ2v) is 9.57. The highest BCUT2D eigenvalue weighted by Crippen LogP contribution is 2.29. The highest BCUT2D eigenvalue weighted by molar-refractivity contribution is 8.15. The minimum atomic E-state index is -2.73. The number of carbonyl (C=O) groups excluding carboxylic acids is 1. The second-order valence-electron chi connectivity index (χ2n) is 4.77. The van der Waals surface area contributed by atoms with E-state index < -0.39 is 8.80 Å². The summed E-state index contributed by atoms with van der Waals surface area (Å²) in [4.78, 5) is 12.0. The van der Waals surface area contributed by atoms with Crippen LogP contribution in [0.15, 0.2) is 0 Å². The van der Waals surface area contributed by atoms with Gasteiger partial charge in [0.1, 0.15) is 0 Å². The molecule has 0 aliphatic carbocycles. The molecule has 0 spiro atoms. The van der Waals surface area contributed by atoms with Gasteiger partial charge in [0.05, 0.1) is 4.87 Å². The number of unbranched alkanes of at least 4 members (excludes halogenated alkanes) is 4. The highest BCUT2D eigenvalue weighted by Gasteiger charge is 2.47. The van der Waals surface area contributed by atoms with Crippen molar-refractivity contribution in [2.45, 2.75) is 63.7 Å². The largest absolute Gasteiger partial charge is 0.514 e. The number of thioether (sulfide) groups is 1. The molecule has 0 aliphatic heterocycles. The first-order chi connectivity index (χ1) is 9.60. The maximum Gasteiger partial charge on any atom is 0.514 e. The normalized spacial score (nSPS) is 13.4. The van der Waals surface area contributed by atoms with E-state index in [4.69, 9.17) is 13.3 Å². The van der Waals surface area contributed by atoms with Gasteiger partial charge in [-0.25, -0.2) is 0 Å². The average molecular weight is 323 g/mol. The smallest absolute Gasteiger partial charge is 0.376 e. The van der Waals surface area contributed by atoms with E-state index in [2.05, 4.69) is 6.92 Å². The van der Waals surface area contributed by atoms with Gasteiger partial charge in [-0.2, -0.15) is 0 Å². The number of carbonyl (C=O) groups is 1. The molecule has 4 nitrogen and oxygen atoms in total. The van der Waals surface area contributed by atoms with Crippen LogP contribution in [0.4, 0.5) is 0 Å². The Morgan fingerprint density at radius 3 is 2.00 bits per heavy atom. The van der Waals surface area contributed by atoms with Crippen molar-refractivity contribution >= 4 is 25.7 Å². The van der Waals surface area contributed by atoms with E-state index in [0.29, 0.717) is 6.42 Å². The molecule has 20 heavy (non-hydrogen) atoms. The summed E-state index contributed by atoms with van der Waals surface area (Å²) in [6.07, 6.45) is 7.25. The molecule has 0 aliphatic rings.